The summed E-state index contributed by atoms with van der Waals surface area (Å²) in [5, 5.41) is 2.40. The molecule has 0 atom stereocenters. The van der Waals surface area contributed by atoms with Gasteiger partial charge in [-0.25, -0.2) is 8.42 Å². The second kappa shape index (κ2) is 9.22. The number of halogens is 3. The fraction of sp³-hybridized carbons (Fsp3) is 0.278. The van der Waals surface area contributed by atoms with Gasteiger partial charge in [0.2, 0.25) is 15.9 Å². The molecule has 12 heteroatoms. The number of carbonyl (C=O) groups is 1. The fourth-order valence-corrected chi connectivity index (χ4v) is 3.53. The highest BCUT2D eigenvalue weighted by Gasteiger charge is 2.31. The van der Waals surface area contributed by atoms with Crippen molar-refractivity contribution in [2.75, 3.05) is 33.1 Å². The second-order valence-electron chi connectivity index (χ2n) is 5.90. The number of nitrogens with one attached hydrogen (secondary N) is 1. The van der Waals surface area contributed by atoms with Crippen LogP contribution in [-0.4, -0.2) is 52.8 Å². The van der Waals surface area contributed by atoms with E-state index in [1.807, 2.05) is 0 Å². The Labute approximate surface area is 171 Å². The number of benzene rings is 2. The van der Waals surface area contributed by atoms with Gasteiger partial charge in [0.1, 0.15) is 5.75 Å². The van der Waals surface area contributed by atoms with Crippen LogP contribution in [0.4, 0.5) is 18.9 Å². The maximum absolute atomic E-state index is 12.7. The van der Waals surface area contributed by atoms with Crippen LogP contribution < -0.4 is 19.5 Å². The first-order valence-electron chi connectivity index (χ1n) is 8.30. The maximum Gasteiger partial charge on any atom is 0.573 e. The van der Waals surface area contributed by atoms with Crippen molar-refractivity contribution in [3.63, 3.8) is 0 Å². The number of anilines is 1. The van der Waals surface area contributed by atoms with E-state index in [1.54, 1.807) is 0 Å². The highest BCUT2D eigenvalue weighted by atomic mass is 32.2. The zero-order chi connectivity index (χ0) is 22.5. The maximum atomic E-state index is 12.7. The van der Waals surface area contributed by atoms with E-state index < -0.39 is 34.6 Å². The van der Waals surface area contributed by atoms with Crippen molar-refractivity contribution in [3.05, 3.63) is 42.5 Å². The molecular formula is C18H19F3N2O6S. The van der Waals surface area contributed by atoms with Crippen LogP contribution >= 0.6 is 0 Å². The largest absolute Gasteiger partial charge is 0.573 e. The van der Waals surface area contributed by atoms with Crippen LogP contribution in [-0.2, 0) is 14.8 Å². The molecule has 0 heterocycles. The van der Waals surface area contributed by atoms with E-state index in [0.29, 0.717) is 5.75 Å². The van der Waals surface area contributed by atoms with Gasteiger partial charge in [0.05, 0.1) is 25.7 Å². The summed E-state index contributed by atoms with van der Waals surface area (Å²) in [6, 6.07) is 8.43. The third-order valence-electron chi connectivity index (χ3n) is 3.80. The van der Waals surface area contributed by atoms with E-state index in [-0.39, 0.29) is 16.3 Å². The average molecular weight is 448 g/mol. The van der Waals surface area contributed by atoms with Crippen molar-refractivity contribution in [1.29, 1.82) is 0 Å². The Morgan fingerprint density at radius 3 is 2.17 bits per heavy atom. The molecule has 0 unspecified atom stereocenters. The molecule has 0 aliphatic carbocycles. The summed E-state index contributed by atoms with van der Waals surface area (Å²) in [7, 11) is -0.0402. The van der Waals surface area contributed by atoms with Gasteiger partial charge in [0.25, 0.3) is 0 Å². The number of ether oxygens (including phenoxy) is 3. The molecule has 0 spiro atoms. The van der Waals surface area contributed by atoms with E-state index >= 15 is 0 Å². The average Bonchev–Trinajstić information content (AvgIpc) is 2.67. The van der Waals surface area contributed by atoms with Crippen molar-refractivity contribution >= 4 is 21.6 Å². The van der Waals surface area contributed by atoms with Crippen molar-refractivity contribution in [1.82, 2.24) is 4.31 Å². The molecule has 2 aromatic carbocycles. The van der Waals surface area contributed by atoms with Gasteiger partial charge in [-0.05, 0) is 36.4 Å². The number of alkyl halides is 3. The first-order valence-corrected chi connectivity index (χ1v) is 9.74. The summed E-state index contributed by atoms with van der Waals surface area (Å²) >= 11 is 0. The van der Waals surface area contributed by atoms with E-state index in [1.165, 1.54) is 51.6 Å². The van der Waals surface area contributed by atoms with Gasteiger partial charge in [0, 0.05) is 18.8 Å². The molecule has 164 valence electrons. The van der Waals surface area contributed by atoms with Crippen molar-refractivity contribution < 1.29 is 40.6 Å². The number of carbonyl (C=O) groups excluding carboxylic acids is 1. The normalized spacial score (nSPS) is 11.8. The van der Waals surface area contributed by atoms with Gasteiger partial charge in [0.15, 0.2) is 11.5 Å². The van der Waals surface area contributed by atoms with Crippen LogP contribution in [0, 0.1) is 0 Å². The molecule has 2 rings (SSSR count). The minimum absolute atomic E-state index is 0.107. The fourth-order valence-electron chi connectivity index (χ4n) is 2.38. The van der Waals surface area contributed by atoms with Gasteiger partial charge >= 0.3 is 6.36 Å². The number of nitrogens with zero attached hydrogens (tertiary/aromatic N) is 1. The Balaban J connectivity index is 2.06. The lowest BCUT2D eigenvalue weighted by Gasteiger charge is -2.18. The highest BCUT2D eigenvalue weighted by molar-refractivity contribution is 7.89. The summed E-state index contributed by atoms with van der Waals surface area (Å²) in [5.74, 6) is -0.591. The molecule has 1 amide bonds. The van der Waals surface area contributed by atoms with Crippen LogP contribution in [0.15, 0.2) is 47.4 Å². The molecule has 8 nitrogen and oxygen atoms in total. The van der Waals surface area contributed by atoms with Crippen molar-refractivity contribution in [3.8, 4) is 17.2 Å². The molecule has 0 aliphatic rings. The quantitative estimate of drug-likeness (QED) is 0.668. The van der Waals surface area contributed by atoms with Crippen LogP contribution in [0.2, 0.25) is 0 Å². The van der Waals surface area contributed by atoms with E-state index in [9.17, 15) is 26.4 Å². The lowest BCUT2D eigenvalue weighted by atomic mass is 10.3. The van der Waals surface area contributed by atoms with Crippen molar-refractivity contribution in [2.45, 2.75) is 11.3 Å². The molecular weight excluding hydrogens is 429 g/mol. The smallest absolute Gasteiger partial charge is 0.493 e. The first kappa shape index (κ1) is 23.3. The predicted molar refractivity (Wildman–Crippen MR) is 101 cm³/mol. The number of sulfonamides is 1. The summed E-state index contributed by atoms with van der Waals surface area (Å²) in [5.41, 5.74) is 0.173. The number of amides is 1. The van der Waals surface area contributed by atoms with E-state index in [2.05, 4.69) is 10.1 Å². The third-order valence-corrected chi connectivity index (χ3v) is 5.60. The molecule has 0 saturated heterocycles. The Kier molecular flexibility index (Phi) is 7.16. The van der Waals surface area contributed by atoms with Crippen LogP contribution in [0.3, 0.4) is 0 Å². The lowest BCUT2D eigenvalue weighted by Crippen LogP contribution is -2.35. The molecule has 0 saturated carbocycles. The molecule has 30 heavy (non-hydrogen) atoms. The lowest BCUT2D eigenvalue weighted by molar-refractivity contribution is -0.274. The van der Waals surface area contributed by atoms with Crippen molar-refractivity contribution in [2.24, 2.45) is 0 Å². The Morgan fingerprint density at radius 1 is 1.03 bits per heavy atom. The van der Waals surface area contributed by atoms with Gasteiger partial charge in [-0.2, -0.15) is 4.31 Å². The second-order valence-corrected chi connectivity index (χ2v) is 7.94. The summed E-state index contributed by atoms with van der Waals surface area (Å²) in [4.78, 5) is 12.1. The monoisotopic (exact) mass is 448 g/mol. The molecule has 0 fully saturated rings. The summed E-state index contributed by atoms with van der Waals surface area (Å²) in [6.07, 6.45) is -4.83. The summed E-state index contributed by atoms with van der Waals surface area (Å²) in [6.45, 7) is -0.530. The summed E-state index contributed by atoms with van der Waals surface area (Å²) < 4.78 is 76.6. The first-order chi connectivity index (χ1) is 14.0. The van der Waals surface area contributed by atoms with E-state index in [4.69, 9.17) is 9.47 Å². The standard InChI is InChI=1S/C18H19F3N2O6S/c1-23(30(25,26)14-8-9-15(27-2)16(10-14)28-3)11-17(24)22-12-4-6-13(7-5-12)29-18(19,20)21/h4-10H,11H2,1-3H3,(H,22,24). The number of hydrogen-bond donors (Lipinski definition) is 1. The van der Waals surface area contributed by atoms with Crippen LogP contribution in [0.5, 0.6) is 17.2 Å². The predicted octanol–water partition coefficient (Wildman–Crippen LogP) is 2.86. The Bertz CT molecular complexity index is 994. The highest BCUT2D eigenvalue weighted by Crippen LogP contribution is 2.30. The molecule has 0 radical (unpaired) electrons. The zero-order valence-corrected chi connectivity index (χ0v) is 17.0. The molecule has 0 aromatic heterocycles. The topological polar surface area (TPSA) is 94.2 Å². The Morgan fingerprint density at radius 2 is 1.63 bits per heavy atom. The minimum atomic E-state index is -4.83. The van der Waals surface area contributed by atoms with E-state index in [0.717, 1.165) is 16.4 Å². The number of rotatable bonds is 8. The van der Waals surface area contributed by atoms with Gasteiger partial charge in [-0.3, -0.25) is 4.79 Å². The minimum Gasteiger partial charge on any atom is -0.493 e. The number of methoxy groups -OCH3 is 2. The van der Waals surface area contributed by atoms with Crippen LogP contribution in [0.1, 0.15) is 0 Å². The number of hydrogen-bond acceptors (Lipinski definition) is 6. The molecule has 1 N–H and O–H groups in total. The van der Waals surface area contributed by atoms with Gasteiger partial charge in [-0.1, -0.05) is 0 Å². The van der Waals surface area contributed by atoms with Gasteiger partial charge < -0.3 is 19.5 Å². The zero-order valence-electron chi connectivity index (χ0n) is 16.2. The molecule has 2 aromatic rings. The third kappa shape index (κ3) is 6.00. The van der Waals surface area contributed by atoms with Gasteiger partial charge in [-0.15, -0.1) is 13.2 Å². The Hall–Kier alpha value is -2.99. The SMILES string of the molecule is COc1ccc(S(=O)(=O)N(C)CC(=O)Nc2ccc(OC(F)(F)F)cc2)cc1OC. The molecule has 0 bridgehead atoms. The molecule has 0 aliphatic heterocycles. The van der Waals surface area contributed by atoms with Crippen LogP contribution in [0.25, 0.3) is 0 Å². The number of likely N-dealkylation sites (N-methyl/N-ethyl adjacent to an activating group) is 1.